The number of hydrogen-bond donors (Lipinski definition) is 0. The minimum Gasteiger partial charge on any atom is -0.327 e. The smallest absolute Gasteiger partial charge is 0.272 e. The van der Waals surface area contributed by atoms with Crippen LogP contribution in [0.25, 0.3) is 0 Å². The number of pyridine rings is 1. The van der Waals surface area contributed by atoms with Gasteiger partial charge < -0.3 is 9.47 Å². The monoisotopic (exact) mass is 364 g/mol. The lowest BCUT2D eigenvalue weighted by Gasteiger charge is -2.25. The Kier molecular flexibility index (Phi) is 4.75. The first-order valence-corrected chi connectivity index (χ1v) is 9.42. The molecular weight excluding hydrogens is 340 g/mol. The third-order valence-electron chi connectivity index (χ3n) is 5.20. The normalized spacial score (nSPS) is 16.8. The first-order chi connectivity index (χ1) is 13.2. The van der Waals surface area contributed by atoms with Gasteiger partial charge >= 0.3 is 0 Å². The average molecular weight is 364 g/mol. The van der Waals surface area contributed by atoms with Crippen LogP contribution in [0, 0.1) is 6.92 Å². The van der Waals surface area contributed by atoms with Crippen molar-refractivity contribution in [1.82, 2.24) is 29.2 Å². The van der Waals surface area contributed by atoms with Crippen molar-refractivity contribution in [3.05, 3.63) is 65.8 Å². The lowest BCUT2D eigenvalue weighted by atomic mass is 10.2. The molecule has 27 heavy (non-hydrogen) atoms. The van der Waals surface area contributed by atoms with Gasteiger partial charge in [0.1, 0.15) is 11.5 Å². The van der Waals surface area contributed by atoms with Crippen molar-refractivity contribution in [1.29, 1.82) is 0 Å². The molecule has 0 N–H and O–H groups in total. The molecule has 7 nitrogen and oxygen atoms in total. The van der Waals surface area contributed by atoms with Gasteiger partial charge in [-0.3, -0.25) is 14.5 Å². The summed E-state index contributed by atoms with van der Waals surface area (Å²) < 4.78 is 3.95. The van der Waals surface area contributed by atoms with Gasteiger partial charge in [0.2, 0.25) is 0 Å². The van der Waals surface area contributed by atoms with Gasteiger partial charge in [-0.2, -0.15) is 5.10 Å². The summed E-state index contributed by atoms with van der Waals surface area (Å²) in [7, 11) is 0. The van der Waals surface area contributed by atoms with Crippen LogP contribution >= 0.6 is 0 Å². The molecule has 4 heterocycles. The van der Waals surface area contributed by atoms with Crippen molar-refractivity contribution < 1.29 is 4.79 Å². The maximum atomic E-state index is 13.2. The summed E-state index contributed by atoms with van der Waals surface area (Å²) in [5.41, 5.74) is 2.86. The number of carbonyl (C=O) groups is 1. The summed E-state index contributed by atoms with van der Waals surface area (Å²) >= 11 is 0. The molecule has 4 rings (SSSR count). The number of nitrogens with zero attached hydrogens (tertiary/aromatic N) is 6. The summed E-state index contributed by atoms with van der Waals surface area (Å²) in [6, 6.07) is 5.80. The first kappa shape index (κ1) is 17.5. The third-order valence-corrected chi connectivity index (χ3v) is 5.20. The van der Waals surface area contributed by atoms with Crippen LogP contribution in [0.2, 0.25) is 0 Å². The van der Waals surface area contributed by atoms with E-state index < -0.39 is 0 Å². The number of imidazole rings is 1. The maximum absolute atomic E-state index is 13.2. The highest BCUT2D eigenvalue weighted by Gasteiger charge is 2.34. The molecule has 3 aromatic heterocycles. The summed E-state index contributed by atoms with van der Waals surface area (Å²) in [6.07, 6.45) is 9.14. The fourth-order valence-corrected chi connectivity index (χ4v) is 3.82. The summed E-state index contributed by atoms with van der Waals surface area (Å²) in [5.74, 6) is 0.982. The molecule has 0 aliphatic carbocycles. The van der Waals surface area contributed by atoms with E-state index in [9.17, 15) is 4.79 Å². The van der Waals surface area contributed by atoms with E-state index in [-0.39, 0.29) is 11.9 Å². The highest BCUT2D eigenvalue weighted by molar-refractivity contribution is 5.93. The number of rotatable bonds is 5. The van der Waals surface area contributed by atoms with Gasteiger partial charge in [0.25, 0.3) is 5.91 Å². The van der Waals surface area contributed by atoms with Crippen LogP contribution in [0.3, 0.4) is 0 Å². The molecule has 1 fully saturated rings. The zero-order valence-electron chi connectivity index (χ0n) is 15.7. The molecular formula is C20H24N6O. The molecule has 1 aliphatic heterocycles. The van der Waals surface area contributed by atoms with Gasteiger partial charge in [-0.05, 0) is 44.4 Å². The van der Waals surface area contributed by atoms with Crippen molar-refractivity contribution in [2.75, 3.05) is 6.54 Å². The molecule has 3 aromatic rings. The molecule has 0 aromatic carbocycles. The minimum atomic E-state index is -0.0110. The quantitative estimate of drug-likeness (QED) is 0.698. The Balaban J connectivity index is 1.64. The van der Waals surface area contributed by atoms with E-state index in [0.717, 1.165) is 36.5 Å². The fraction of sp³-hybridized carbons (Fsp3) is 0.400. The third kappa shape index (κ3) is 3.25. The fourth-order valence-electron chi connectivity index (χ4n) is 3.82. The van der Waals surface area contributed by atoms with Gasteiger partial charge in [-0.15, -0.1) is 0 Å². The van der Waals surface area contributed by atoms with E-state index in [2.05, 4.69) is 32.6 Å². The van der Waals surface area contributed by atoms with E-state index in [4.69, 9.17) is 0 Å². The van der Waals surface area contributed by atoms with Gasteiger partial charge in [-0.25, -0.2) is 4.98 Å². The number of likely N-dealkylation sites (tertiary alicyclic amines) is 1. The first-order valence-electron chi connectivity index (χ1n) is 9.42. The van der Waals surface area contributed by atoms with Gasteiger partial charge in [-0.1, -0.05) is 6.07 Å². The second-order valence-corrected chi connectivity index (χ2v) is 6.89. The minimum absolute atomic E-state index is 0.0110. The van der Waals surface area contributed by atoms with E-state index in [1.807, 2.05) is 30.3 Å². The Morgan fingerprint density at radius 3 is 2.93 bits per heavy atom. The van der Waals surface area contributed by atoms with Gasteiger partial charge in [0, 0.05) is 43.6 Å². The molecule has 1 atom stereocenters. The van der Waals surface area contributed by atoms with E-state index >= 15 is 0 Å². The molecule has 0 bridgehead atoms. The van der Waals surface area contributed by atoms with E-state index in [1.54, 1.807) is 23.1 Å². The Hall–Kier alpha value is -2.96. The molecule has 7 heteroatoms. The number of aromatic nitrogens is 5. The molecule has 0 spiro atoms. The van der Waals surface area contributed by atoms with Crippen LogP contribution in [0.4, 0.5) is 0 Å². The SMILES string of the molecule is CCn1nccc1C(=O)N1CCCC1c1ncc(C)n1Cc1cccnc1. The summed E-state index contributed by atoms with van der Waals surface area (Å²) in [5, 5.41) is 4.24. The molecule has 1 amide bonds. The average Bonchev–Trinajstić information content (AvgIpc) is 3.42. The van der Waals surface area contributed by atoms with Crippen LogP contribution in [0.15, 0.2) is 43.0 Å². The van der Waals surface area contributed by atoms with Crippen molar-refractivity contribution >= 4 is 5.91 Å². The Morgan fingerprint density at radius 2 is 2.15 bits per heavy atom. The largest absolute Gasteiger partial charge is 0.327 e. The topological polar surface area (TPSA) is 68.8 Å². The van der Waals surface area contributed by atoms with Crippen molar-refractivity contribution in [2.45, 2.75) is 45.8 Å². The second kappa shape index (κ2) is 7.34. The van der Waals surface area contributed by atoms with Crippen molar-refractivity contribution in [3.8, 4) is 0 Å². The highest BCUT2D eigenvalue weighted by Crippen LogP contribution is 2.33. The molecule has 0 radical (unpaired) electrons. The zero-order valence-corrected chi connectivity index (χ0v) is 15.7. The van der Waals surface area contributed by atoms with Crippen LogP contribution < -0.4 is 0 Å². The standard InChI is InChI=1S/C20H24N6O/c1-3-26-18(8-10-23-26)20(27)24-11-5-7-17(24)19-22-12-15(2)25(19)14-16-6-4-9-21-13-16/h4,6,8-10,12-13,17H,3,5,7,11,14H2,1-2H3. The van der Waals surface area contributed by atoms with Crippen LogP contribution in [-0.2, 0) is 13.1 Å². The molecule has 1 unspecified atom stereocenters. The van der Waals surface area contributed by atoms with Gasteiger partial charge in [0.15, 0.2) is 0 Å². The van der Waals surface area contributed by atoms with Crippen molar-refractivity contribution in [3.63, 3.8) is 0 Å². The Bertz CT molecular complexity index is 929. The lowest BCUT2D eigenvalue weighted by Crippen LogP contribution is -2.33. The second-order valence-electron chi connectivity index (χ2n) is 6.89. The maximum Gasteiger partial charge on any atom is 0.272 e. The molecule has 140 valence electrons. The number of aryl methyl sites for hydroxylation is 2. The molecule has 1 saturated heterocycles. The summed E-state index contributed by atoms with van der Waals surface area (Å²) in [4.78, 5) is 24.0. The Labute approximate surface area is 158 Å². The number of amides is 1. The Morgan fingerprint density at radius 1 is 1.26 bits per heavy atom. The predicted octanol–water partition coefficient (Wildman–Crippen LogP) is 2.83. The zero-order chi connectivity index (χ0) is 18.8. The highest BCUT2D eigenvalue weighted by atomic mass is 16.2. The number of hydrogen-bond acceptors (Lipinski definition) is 4. The molecule has 0 saturated carbocycles. The van der Waals surface area contributed by atoms with Crippen LogP contribution in [0.1, 0.15) is 53.4 Å². The van der Waals surface area contributed by atoms with Gasteiger partial charge in [0.05, 0.1) is 12.6 Å². The predicted molar refractivity (Wildman–Crippen MR) is 101 cm³/mol. The van der Waals surface area contributed by atoms with Crippen LogP contribution in [-0.4, -0.2) is 41.7 Å². The van der Waals surface area contributed by atoms with Crippen molar-refractivity contribution in [2.24, 2.45) is 0 Å². The van der Waals surface area contributed by atoms with E-state index in [1.165, 1.54) is 0 Å². The summed E-state index contributed by atoms with van der Waals surface area (Å²) in [6.45, 7) is 6.19. The lowest BCUT2D eigenvalue weighted by molar-refractivity contribution is 0.0715. The van der Waals surface area contributed by atoms with Crippen LogP contribution in [0.5, 0.6) is 0 Å². The van der Waals surface area contributed by atoms with E-state index in [0.29, 0.717) is 18.8 Å². The molecule has 1 aliphatic rings. The number of carbonyl (C=O) groups excluding carboxylic acids is 1.